The lowest BCUT2D eigenvalue weighted by molar-refractivity contribution is 0.208. The van der Waals surface area contributed by atoms with Crippen molar-refractivity contribution in [2.45, 2.75) is 25.3 Å². The third-order valence-electron chi connectivity index (χ3n) is 4.38. The molecular weight excluding hydrogens is 324 g/mol. The number of ether oxygens (including phenoxy) is 2. The van der Waals surface area contributed by atoms with Gasteiger partial charge in [0, 0.05) is 29.6 Å². The van der Waals surface area contributed by atoms with Crippen molar-refractivity contribution in [3.63, 3.8) is 0 Å². The summed E-state index contributed by atoms with van der Waals surface area (Å²) < 4.78 is 11.3. The lowest BCUT2D eigenvalue weighted by Crippen LogP contribution is -2.34. The van der Waals surface area contributed by atoms with Gasteiger partial charge in [-0.1, -0.05) is 6.07 Å². The van der Waals surface area contributed by atoms with Gasteiger partial charge in [0.05, 0.1) is 19.3 Å². The number of nitrogens with one attached hydrogen (secondary N) is 1. The fourth-order valence-corrected chi connectivity index (χ4v) is 4.10. The number of anilines is 1. The van der Waals surface area contributed by atoms with Crippen molar-refractivity contribution >= 4 is 23.1 Å². The molecule has 6 heteroatoms. The molecule has 1 atom stereocenters. The van der Waals surface area contributed by atoms with Crippen molar-refractivity contribution in [2.24, 2.45) is 0 Å². The molecule has 1 saturated heterocycles. The summed E-state index contributed by atoms with van der Waals surface area (Å²) in [6.45, 7) is 2.09. The molecule has 126 valence electrons. The van der Waals surface area contributed by atoms with Gasteiger partial charge in [-0.25, -0.2) is 4.79 Å². The molecule has 1 unspecified atom stereocenters. The van der Waals surface area contributed by atoms with E-state index in [4.69, 9.17) is 9.47 Å². The Balaban J connectivity index is 1.48. The maximum absolute atomic E-state index is 12.7. The molecule has 2 aliphatic heterocycles. The second kappa shape index (κ2) is 6.73. The Hall–Kier alpha value is -2.21. The van der Waals surface area contributed by atoms with E-state index in [1.165, 1.54) is 4.88 Å². The number of carbonyl (C=O) groups is 1. The number of rotatable bonds is 2. The van der Waals surface area contributed by atoms with Crippen LogP contribution >= 0.6 is 11.3 Å². The molecule has 0 aliphatic carbocycles. The van der Waals surface area contributed by atoms with Crippen LogP contribution in [0.15, 0.2) is 35.7 Å². The summed E-state index contributed by atoms with van der Waals surface area (Å²) in [6.07, 6.45) is 2.93. The van der Waals surface area contributed by atoms with Crippen LogP contribution < -0.4 is 14.8 Å². The average molecular weight is 344 g/mol. The van der Waals surface area contributed by atoms with Gasteiger partial charge in [-0.15, -0.1) is 11.3 Å². The zero-order chi connectivity index (χ0) is 16.4. The second-order valence-electron chi connectivity index (χ2n) is 6.01. The summed E-state index contributed by atoms with van der Waals surface area (Å²) >= 11 is 1.71. The highest BCUT2D eigenvalue weighted by Crippen LogP contribution is 2.36. The van der Waals surface area contributed by atoms with Crippen molar-refractivity contribution in [3.05, 3.63) is 40.6 Å². The van der Waals surface area contributed by atoms with Crippen LogP contribution in [0, 0.1) is 0 Å². The van der Waals surface area contributed by atoms with Crippen LogP contribution in [0.4, 0.5) is 10.5 Å². The van der Waals surface area contributed by atoms with Crippen LogP contribution in [0.1, 0.15) is 30.2 Å². The molecule has 1 aromatic heterocycles. The number of fused-ring (bicyclic) bond motifs is 1. The number of thiophene rings is 1. The molecule has 2 aromatic rings. The summed E-state index contributed by atoms with van der Waals surface area (Å²) in [5.74, 6) is 1.43. The Morgan fingerprint density at radius 2 is 2.04 bits per heavy atom. The molecule has 1 N–H and O–H groups in total. The molecule has 0 bridgehead atoms. The van der Waals surface area contributed by atoms with Gasteiger partial charge in [0.25, 0.3) is 0 Å². The maximum Gasteiger partial charge on any atom is 0.322 e. The number of likely N-dealkylation sites (tertiary alicyclic amines) is 1. The van der Waals surface area contributed by atoms with Gasteiger partial charge in [0.1, 0.15) is 0 Å². The third-order valence-corrected chi connectivity index (χ3v) is 5.36. The molecule has 0 spiro atoms. The van der Waals surface area contributed by atoms with Gasteiger partial charge >= 0.3 is 6.03 Å². The molecule has 0 saturated carbocycles. The average Bonchev–Trinajstić information content (AvgIpc) is 3.22. The number of carbonyl (C=O) groups excluding carboxylic acids is 1. The summed E-state index contributed by atoms with van der Waals surface area (Å²) in [6, 6.07) is 9.84. The number of hydrogen-bond acceptors (Lipinski definition) is 4. The number of amides is 2. The molecule has 5 nitrogen and oxygen atoms in total. The first-order chi connectivity index (χ1) is 11.8. The Morgan fingerprint density at radius 3 is 2.88 bits per heavy atom. The predicted molar refractivity (Wildman–Crippen MR) is 94.1 cm³/mol. The largest absolute Gasteiger partial charge is 0.490 e. The van der Waals surface area contributed by atoms with Gasteiger partial charge in [0.15, 0.2) is 11.5 Å². The summed E-state index contributed by atoms with van der Waals surface area (Å²) in [5.41, 5.74) is 0.737. The monoisotopic (exact) mass is 344 g/mol. The van der Waals surface area contributed by atoms with Crippen molar-refractivity contribution in [2.75, 3.05) is 25.1 Å². The Bertz CT molecular complexity index is 717. The van der Waals surface area contributed by atoms with Crippen LogP contribution in [0.2, 0.25) is 0 Å². The molecular formula is C18H20N2O3S. The summed E-state index contributed by atoms with van der Waals surface area (Å²) in [4.78, 5) is 15.9. The van der Waals surface area contributed by atoms with E-state index in [1.807, 2.05) is 29.2 Å². The molecule has 0 radical (unpaired) electrons. The SMILES string of the molecule is O=C(Nc1ccc2c(c1)OCCCO2)N1CCCC1c1cccs1. The first-order valence-corrected chi connectivity index (χ1v) is 9.20. The first-order valence-electron chi connectivity index (χ1n) is 8.32. The fourth-order valence-electron chi connectivity index (χ4n) is 3.22. The predicted octanol–water partition coefficient (Wildman–Crippen LogP) is 4.28. The van der Waals surface area contributed by atoms with Gasteiger partial charge in [-0.3, -0.25) is 0 Å². The summed E-state index contributed by atoms with van der Waals surface area (Å²) in [7, 11) is 0. The van der Waals surface area contributed by atoms with E-state index in [9.17, 15) is 4.79 Å². The number of benzene rings is 1. The van der Waals surface area contributed by atoms with Crippen LogP contribution in [0.3, 0.4) is 0 Å². The van der Waals surface area contributed by atoms with Crippen LogP contribution in [0.5, 0.6) is 11.5 Å². The fraction of sp³-hybridized carbons (Fsp3) is 0.389. The minimum absolute atomic E-state index is 0.0552. The van der Waals surface area contributed by atoms with E-state index in [2.05, 4.69) is 16.8 Å². The van der Waals surface area contributed by atoms with E-state index < -0.39 is 0 Å². The van der Waals surface area contributed by atoms with E-state index in [0.29, 0.717) is 19.0 Å². The van der Waals surface area contributed by atoms with Gasteiger partial charge in [0.2, 0.25) is 0 Å². The van der Waals surface area contributed by atoms with Crippen LogP contribution in [0.25, 0.3) is 0 Å². The number of urea groups is 1. The van der Waals surface area contributed by atoms with Gasteiger partial charge in [-0.05, 0) is 36.4 Å². The molecule has 3 heterocycles. The molecule has 2 amide bonds. The molecule has 2 aliphatic rings. The minimum atomic E-state index is -0.0552. The molecule has 1 fully saturated rings. The zero-order valence-electron chi connectivity index (χ0n) is 13.4. The lowest BCUT2D eigenvalue weighted by atomic mass is 10.2. The number of hydrogen-bond donors (Lipinski definition) is 1. The van der Waals surface area contributed by atoms with Crippen LogP contribution in [-0.2, 0) is 0 Å². The normalized spacial score (nSPS) is 19.8. The van der Waals surface area contributed by atoms with E-state index in [-0.39, 0.29) is 12.1 Å². The maximum atomic E-state index is 12.7. The van der Waals surface area contributed by atoms with Crippen LogP contribution in [-0.4, -0.2) is 30.7 Å². The van der Waals surface area contributed by atoms with E-state index >= 15 is 0 Å². The van der Waals surface area contributed by atoms with Gasteiger partial charge in [-0.2, -0.15) is 0 Å². The highest BCUT2D eigenvalue weighted by Gasteiger charge is 2.30. The van der Waals surface area contributed by atoms with Crippen molar-refractivity contribution in [1.29, 1.82) is 0 Å². The Labute approximate surface area is 145 Å². The first kappa shape index (κ1) is 15.3. The van der Waals surface area contributed by atoms with Crippen molar-refractivity contribution in [1.82, 2.24) is 4.90 Å². The van der Waals surface area contributed by atoms with Gasteiger partial charge < -0.3 is 19.7 Å². The smallest absolute Gasteiger partial charge is 0.322 e. The lowest BCUT2D eigenvalue weighted by Gasteiger charge is -2.24. The topological polar surface area (TPSA) is 50.8 Å². The minimum Gasteiger partial charge on any atom is -0.490 e. The third kappa shape index (κ3) is 3.06. The van der Waals surface area contributed by atoms with Crippen molar-refractivity contribution < 1.29 is 14.3 Å². The second-order valence-corrected chi connectivity index (χ2v) is 6.99. The molecule has 4 rings (SSSR count). The standard InChI is InChI=1S/C18H20N2O3S/c21-18(20-8-1-4-14(20)17-5-2-11-24-17)19-13-6-7-15-16(12-13)23-10-3-9-22-15/h2,5-7,11-12,14H,1,3-4,8-10H2,(H,19,21). The highest BCUT2D eigenvalue weighted by molar-refractivity contribution is 7.10. The molecule has 24 heavy (non-hydrogen) atoms. The Morgan fingerprint density at radius 1 is 1.17 bits per heavy atom. The summed E-state index contributed by atoms with van der Waals surface area (Å²) in [5, 5.41) is 5.07. The molecule has 1 aromatic carbocycles. The van der Waals surface area contributed by atoms with Crippen molar-refractivity contribution in [3.8, 4) is 11.5 Å². The number of nitrogens with zero attached hydrogens (tertiary/aromatic N) is 1. The van der Waals surface area contributed by atoms with E-state index in [1.54, 1.807) is 11.3 Å². The van der Waals surface area contributed by atoms with E-state index in [0.717, 1.165) is 37.2 Å². The highest BCUT2D eigenvalue weighted by atomic mass is 32.1. The quantitative estimate of drug-likeness (QED) is 0.885. The zero-order valence-corrected chi connectivity index (χ0v) is 14.2. The Kier molecular flexibility index (Phi) is 4.30.